The average Bonchev–Trinajstić information content (AvgIpc) is 2.42. The number of nitrogen functional groups attached to an aromatic ring is 1. The maximum atomic E-state index is 13.8. The van der Waals surface area contributed by atoms with E-state index in [0.29, 0.717) is 5.02 Å². The van der Waals surface area contributed by atoms with E-state index in [2.05, 4.69) is 5.32 Å². The minimum absolute atomic E-state index is 0.407. The molecule has 0 saturated heterocycles. The van der Waals surface area contributed by atoms with E-state index in [1.54, 1.807) is 31.2 Å². The Morgan fingerprint density at radius 1 is 1.29 bits per heavy atom. The van der Waals surface area contributed by atoms with Crippen LogP contribution in [0.1, 0.15) is 28.9 Å². The molecule has 6 heteroatoms. The Hall–Kier alpha value is -2.14. The maximum absolute atomic E-state index is 13.8. The molecular weight excluding hydrogens is 298 g/mol. The van der Waals surface area contributed by atoms with Gasteiger partial charge in [0.15, 0.2) is 5.82 Å². The monoisotopic (exact) mass is 310 g/mol. The van der Waals surface area contributed by atoms with Crippen molar-refractivity contribution in [1.29, 1.82) is 0 Å². The van der Waals surface area contributed by atoms with Crippen LogP contribution in [0.2, 0.25) is 5.02 Å². The summed E-state index contributed by atoms with van der Waals surface area (Å²) < 4.78 is 27.0. The molecule has 1 atom stereocenters. The van der Waals surface area contributed by atoms with Crippen molar-refractivity contribution in [3.63, 3.8) is 0 Å². The number of benzene rings is 2. The molecule has 0 aliphatic rings. The fraction of sp³-hybridized carbons (Fsp3) is 0.133. The first-order chi connectivity index (χ1) is 9.88. The predicted octanol–water partition coefficient (Wildman–Crippen LogP) is 3.69. The highest BCUT2D eigenvalue weighted by molar-refractivity contribution is 6.30. The second kappa shape index (κ2) is 6.10. The summed E-state index contributed by atoms with van der Waals surface area (Å²) >= 11 is 5.87. The smallest absolute Gasteiger partial charge is 0.254 e. The highest BCUT2D eigenvalue weighted by atomic mass is 35.5. The Morgan fingerprint density at radius 2 is 2.00 bits per heavy atom. The lowest BCUT2D eigenvalue weighted by Gasteiger charge is -2.15. The summed E-state index contributed by atoms with van der Waals surface area (Å²) in [5, 5.41) is 3.10. The number of nitrogens with one attached hydrogen (secondary N) is 1. The Kier molecular flexibility index (Phi) is 4.43. The van der Waals surface area contributed by atoms with Crippen LogP contribution < -0.4 is 11.1 Å². The van der Waals surface area contributed by atoms with E-state index in [9.17, 15) is 13.6 Å². The van der Waals surface area contributed by atoms with E-state index in [1.165, 1.54) is 0 Å². The normalized spacial score (nSPS) is 12.0. The zero-order valence-corrected chi connectivity index (χ0v) is 11.9. The maximum Gasteiger partial charge on any atom is 0.254 e. The second-order valence-electron chi connectivity index (χ2n) is 4.61. The Morgan fingerprint density at radius 3 is 2.67 bits per heavy atom. The number of rotatable bonds is 3. The number of hydrogen-bond acceptors (Lipinski definition) is 2. The van der Waals surface area contributed by atoms with Crippen molar-refractivity contribution in [2.24, 2.45) is 0 Å². The zero-order valence-electron chi connectivity index (χ0n) is 11.2. The lowest BCUT2D eigenvalue weighted by molar-refractivity contribution is 0.0935. The standard InChI is InChI=1S/C15H13ClF2N2O/c1-8(9-3-2-4-10(16)5-9)20-15(21)12-6-11(17)7-13(19)14(12)18/h2-8H,19H2,1H3,(H,20,21). The average molecular weight is 311 g/mol. The van der Waals surface area contributed by atoms with Crippen LogP contribution in [0.4, 0.5) is 14.5 Å². The van der Waals surface area contributed by atoms with Gasteiger partial charge in [-0.05, 0) is 36.8 Å². The Bertz CT molecular complexity index is 691. The Balaban J connectivity index is 2.22. The van der Waals surface area contributed by atoms with Crippen LogP contribution in [0.25, 0.3) is 0 Å². The molecule has 0 aliphatic heterocycles. The van der Waals surface area contributed by atoms with Gasteiger partial charge in [-0.3, -0.25) is 4.79 Å². The number of anilines is 1. The lowest BCUT2D eigenvalue weighted by atomic mass is 10.1. The van der Waals surface area contributed by atoms with Gasteiger partial charge in [-0.2, -0.15) is 0 Å². The molecule has 0 aromatic heterocycles. The first kappa shape index (κ1) is 15.3. The van der Waals surface area contributed by atoms with Gasteiger partial charge in [0.05, 0.1) is 17.3 Å². The summed E-state index contributed by atoms with van der Waals surface area (Å²) in [6.07, 6.45) is 0. The van der Waals surface area contributed by atoms with E-state index < -0.39 is 34.8 Å². The van der Waals surface area contributed by atoms with Gasteiger partial charge < -0.3 is 11.1 Å². The molecule has 21 heavy (non-hydrogen) atoms. The molecule has 1 amide bonds. The number of amides is 1. The molecule has 110 valence electrons. The summed E-state index contributed by atoms with van der Waals surface area (Å²) in [7, 11) is 0. The third-order valence-electron chi connectivity index (χ3n) is 3.01. The van der Waals surface area contributed by atoms with Crippen molar-refractivity contribution in [3.8, 4) is 0 Å². The van der Waals surface area contributed by atoms with Crippen LogP contribution in [0.5, 0.6) is 0 Å². The minimum Gasteiger partial charge on any atom is -0.396 e. The lowest BCUT2D eigenvalue weighted by Crippen LogP contribution is -2.27. The van der Waals surface area contributed by atoms with Crippen LogP contribution in [0.15, 0.2) is 36.4 Å². The van der Waals surface area contributed by atoms with Gasteiger partial charge in [0.25, 0.3) is 5.91 Å². The number of hydrogen-bond donors (Lipinski definition) is 2. The third kappa shape index (κ3) is 3.49. The van der Waals surface area contributed by atoms with E-state index in [1.807, 2.05) is 0 Å². The quantitative estimate of drug-likeness (QED) is 0.849. The molecular formula is C15H13ClF2N2O. The first-order valence-corrected chi connectivity index (χ1v) is 6.57. The molecule has 0 saturated carbocycles. The highest BCUT2D eigenvalue weighted by Crippen LogP contribution is 2.20. The number of carbonyl (C=O) groups excluding carboxylic acids is 1. The van der Waals surface area contributed by atoms with Crippen molar-refractivity contribution in [2.45, 2.75) is 13.0 Å². The fourth-order valence-electron chi connectivity index (χ4n) is 1.91. The molecule has 3 nitrogen and oxygen atoms in total. The van der Waals surface area contributed by atoms with Gasteiger partial charge in [-0.25, -0.2) is 8.78 Å². The minimum atomic E-state index is -0.938. The van der Waals surface area contributed by atoms with Crippen molar-refractivity contribution in [3.05, 3.63) is 64.2 Å². The molecule has 0 bridgehead atoms. The van der Waals surface area contributed by atoms with Gasteiger partial charge in [0.1, 0.15) is 5.82 Å². The molecule has 2 aromatic carbocycles. The van der Waals surface area contributed by atoms with Gasteiger partial charge in [0.2, 0.25) is 0 Å². The Labute approximate surface area is 125 Å². The van der Waals surface area contributed by atoms with Crippen molar-refractivity contribution in [1.82, 2.24) is 5.32 Å². The van der Waals surface area contributed by atoms with E-state index in [-0.39, 0.29) is 0 Å². The number of halogens is 3. The van der Waals surface area contributed by atoms with Crippen LogP contribution >= 0.6 is 11.6 Å². The van der Waals surface area contributed by atoms with Crippen molar-refractivity contribution in [2.75, 3.05) is 5.73 Å². The molecule has 0 aliphatic carbocycles. The van der Waals surface area contributed by atoms with Gasteiger partial charge in [0, 0.05) is 5.02 Å². The largest absolute Gasteiger partial charge is 0.396 e. The number of nitrogens with two attached hydrogens (primary N) is 1. The summed E-state index contributed by atoms with van der Waals surface area (Å²) in [6, 6.07) is 8.11. The topological polar surface area (TPSA) is 55.1 Å². The summed E-state index contributed by atoms with van der Waals surface area (Å²) in [5.74, 6) is -2.45. The van der Waals surface area contributed by atoms with Crippen molar-refractivity contribution < 1.29 is 13.6 Å². The third-order valence-corrected chi connectivity index (χ3v) is 3.24. The van der Waals surface area contributed by atoms with E-state index in [4.69, 9.17) is 17.3 Å². The number of carbonyl (C=O) groups is 1. The van der Waals surface area contributed by atoms with Crippen LogP contribution in [0, 0.1) is 11.6 Å². The van der Waals surface area contributed by atoms with Gasteiger partial charge >= 0.3 is 0 Å². The molecule has 0 fully saturated rings. The first-order valence-electron chi connectivity index (χ1n) is 6.19. The molecule has 2 rings (SSSR count). The fourth-order valence-corrected chi connectivity index (χ4v) is 2.11. The molecule has 3 N–H and O–H groups in total. The van der Waals surface area contributed by atoms with Crippen molar-refractivity contribution >= 4 is 23.2 Å². The van der Waals surface area contributed by atoms with Gasteiger partial charge in [-0.1, -0.05) is 23.7 Å². The van der Waals surface area contributed by atoms with Crippen LogP contribution in [-0.4, -0.2) is 5.91 Å². The zero-order chi connectivity index (χ0) is 15.6. The molecule has 2 aromatic rings. The predicted molar refractivity (Wildman–Crippen MR) is 78.1 cm³/mol. The highest BCUT2D eigenvalue weighted by Gasteiger charge is 2.18. The summed E-state index contributed by atoms with van der Waals surface area (Å²) in [4.78, 5) is 12.0. The molecule has 0 heterocycles. The van der Waals surface area contributed by atoms with E-state index >= 15 is 0 Å². The molecule has 0 spiro atoms. The summed E-state index contributed by atoms with van der Waals surface area (Å²) in [5.41, 5.74) is 5.22. The van der Waals surface area contributed by atoms with Crippen LogP contribution in [0.3, 0.4) is 0 Å². The molecule has 1 unspecified atom stereocenters. The second-order valence-corrected chi connectivity index (χ2v) is 5.04. The molecule has 0 radical (unpaired) electrons. The SMILES string of the molecule is CC(NC(=O)c1cc(F)cc(N)c1F)c1cccc(Cl)c1. The van der Waals surface area contributed by atoms with Crippen LogP contribution in [-0.2, 0) is 0 Å². The summed E-state index contributed by atoms with van der Waals surface area (Å²) in [6.45, 7) is 1.71. The van der Waals surface area contributed by atoms with Gasteiger partial charge in [-0.15, -0.1) is 0 Å². The van der Waals surface area contributed by atoms with E-state index in [0.717, 1.165) is 17.7 Å².